The number of carbonyl (C=O) groups excluding carboxylic acids is 1. The van der Waals surface area contributed by atoms with Crippen LogP contribution in [0.5, 0.6) is 0 Å². The average Bonchev–Trinajstić information content (AvgIpc) is 3.41. The van der Waals surface area contributed by atoms with Crippen LogP contribution >= 0.6 is 23.6 Å². The molecule has 1 atom stereocenters. The fourth-order valence-electron chi connectivity index (χ4n) is 4.53. The first kappa shape index (κ1) is 22.6. The minimum Gasteiger partial charge on any atom is -0.465 e. The zero-order chi connectivity index (χ0) is 23.7. The Morgan fingerprint density at radius 2 is 2.03 bits per heavy atom. The lowest BCUT2D eigenvalue weighted by atomic mass is 9.88. The SMILES string of the molecule is COC(=O)c1c(NC(=S)Nc2ccn(Cc3cccc4ccccc34)n2)sc2c1CCC(C)C2. The van der Waals surface area contributed by atoms with Crippen molar-refractivity contribution >= 4 is 56.2 Å². The Hall–Kier alpha value is -3.23. The number of aromatic nitrogens is 2. The molecule has 5 rings (SSSR count). The summed E-state index contributed by atoms with van der Waals surface area (Å²) in [5, 5.41) is 14.6. The summed E-state index contributed by atoms with van der Waals surface area (Å²) in [5.41, 5.74) is 2.91. The van der Waals surface area contributed by atoms with Crippen molar-refractivity contribution in [1.82, 2.24) is 9.78 Å². The molecule has 0 aliphatic heterocycles. The van der Waals surface area contributed by atoms with Gasteiger partial charge < -0.3 is 15.4 Å². The molecule has 174 valence electrons. The zero-order valence-corrected chi connectivity index (χ0v) is 20.8. The fraction of sp³-hybridized carbons (Fsp3) is 0.269. The zero-order valence-electron chi connectivity index (χ0n) is 19.1. The molecule has 34 heavy (non-hydrogen) atoms. The van der Waals surface area contributed by atoms with Gasteiger partial charge in [0.15, 0.2) is 10.9 Å². The molecule has 2 heterocycles. The second-order valence-electron chi connectivity index (χ2n) is 8.66. The predicted octanol–water partition coefficient (Wildman–Crippen LogP) is 5.87. The summed E-state index contributed by atoms with van der Waals surface area (Å²) in [7, 11) is 1.42. The number of ether oxygens (including phenoxy) is 1. The minimum absolute atomic E-state index is 0.322. The monoisotopic (exact) mass is 490 g/mol. The molecular formula is C26H26N4O2S2. The molecule has 2 aromatic heterocycles. The van der Waals surface area contributed by atoms with E-state index in [1.165, 1.54) is 28.3 Å². The lowest BCUT2D eigenvalue weighted by molar-refractivity contribution is 0.0601. The Kier molecular flexibility index (Phi) is 6.34. The van der Waals surface area contributed by atoms with Crippen LogP contribution in [0.3, 0.4) is 0 Å². The molecule has 1 aliphatic rings. The molecule has 0 amide bonds. The number of thiophene rings is 1. The largest absolute Gasteiger partial charge is 0.465 e. The van der Waals surface area contributed by atoms with Gasteiger partial charge in [0.1, 0.15) is 5.00 Å². The fourth-order valence-corrected chi connectivity index (χ4v) is 6.20. The summed E-state index contributed by atoms with van der Waals surface area (Å²) >= 11 is 7.14. The van der Waals surface area contributed by atoms with E-state index >= 15 is 0 Å². The first-order chi connectivity index (χ1) is 16.5. The molecule has 6 nitrogen and oxygen atoms in total. The van der Waals surface area contributed by atoms with Crippen molar-refractivity contribution < 1.29 is 9.53 Å². The molecular weight excluding hydrogens is 464 g/mol. The van der Waals surface area contributed by atoms with Gasteiger partial charge in [0.2, 0.25) is 0 Å². The lowest BCUT2D eigenvalue weighted by Gasteiger charge is -2.18. The van der Waals surface area contributed by atoms with Crippen LogP contribution in [-0.4, -0.2) is 28.0 Å². The van der Waals surface area contributed by atoms with E-state index in [-0.39, 0.29) is 5.97 Å². The molecule has 0 bridgehead atoms. The summed E-state index contributed by atoms with van der Waals surface area (Å²) in [6.07, 6.45) is 4.87. The van der Waals surface area contributed by atoms with E-state index in [2.05, 4.69) is 59.1 Å². The minimum atomic E-state index is -0.322. The van der Waals surface area contributed by atoms with Crippen molar-refractivity contribution in [2.45, 2.75) is 32.7 Å². The first-order valence-corrected chi connectivity index (χ1v) is 12.5. The first-order valence-electron chi connectivity index (χ1n) is 11.3. The molecule has 2 aromatic carbocycles. The van der Waals surface area contributed by atoms with E-state index < -0.39 is 0 Å². The number of benzene rings is 2. The van der Waals surface area contributed by atoms with E-state index in [9.17, 15) is 4.79 Å². The number of nitrogens with one attached hydrogen (secondary N) is 2. The Morgan fingerprint density at radius 3 is 2.88 bits per heavy atom. The lowest BCUT2D eigenvalue weighted by Crippen LogP contribution is -2.21. The van der Waals surface area contributed by atoms with Crippen LogP contribution in [0.25, 0.3) is 10.8 Å². The second kappa shape index (κ2) is 9.56. The number of nitrogens with zero attached hydrogens (tertiary/aromatic N) is 2. The number of carbonyl (C=O) groups is 1. The van der Waals surface area contributed by atoms with Crippen LogP contribution in [0, 0.1) is 5.92 Å². The molecule has 0 fully saturated rings. The topological polar surface area (TPSA) is 68.2 Å². The van der Waals surface area contributed by atoms with E-state index in [0.29, 0.717) is 29.0 Å². The van der Waals surface area contributed by atoms with Gasteiger partial charge >= 0.3 is 5.97 Å². The Labute approximate surface area is 207 Å². The Morgan fingerprint density at radius 1 is 1.21 bits per heavy atom. The van der Waals surface area contributed by atoms with Gasteiger partial charge in [0.05, 0.1) is 19.2 Å². The third kappa shape index (κ3) is 4.56. The number of thiocarbonyl (C=S) groups is 1. The summed E-state index contributed by atoms with van der Waals surface area (Å²) < 4.78 is 6.95. The van der Waals surface area contributed by atoms with Gasteiger partial charge in [0, 0.05) is 17.1 Å². The van der Waals surface area contributed by atoms with Gasteiger partial charge in [-0.15, -0.1) is 11.3 Å². The normalized spacial score (nSPS) is 15.1. The molecule has 0 radical (unpaired) electrons. The maximum atomic E-state index is 12.5. The van der Waals surface area contributed by atoms with Gasteiger partial charge in [-0.1, -0.05) is 49.4 Å². The van der Waals surface area contributed by atoms with Crippen molar-refractivity contribution in [3.63, 3.8) is 0 Å². The summed E-state index contributed by atoms with van der Waals surface area (Å²) in [6.45, 7) is 2.90. The molecule has 2 N–H and O–H groups in total. The highest BCUT2D eigenvalue weighted by atomic mass is 32.1. The highest BCUT2D eigenvalue weighted by Gasteiger charge is 2.28. The van der Waals surface area contributed by atoms with Crippen molar-refractivity contribution in [1.29, 1.82) is 0 Å². The maximum absolute atomic E-state index is 12.5. The summed E-state index contributed by atoms with van der Waals surface area (Å²) in [5.74, 6) is 0.935. The van der Waals surface area contributed by atoms with Gasteiger partial charge in [-0.25, -0.2) is 4.79 Å². The summed E-state index contributed by atoms with van der Waals surface area (Å²) in [6, 6.07) is 16.5. The highest BCUT2D eigenvalue weighted by molar-refractivity contribution is 7.80. The third-order valence-corrected chi connectivity index (χ3v) is 7.60. The van der Waals surface area contributed by atoms with E-state index in [1.54, 1.807) is 11.3 Å². The predicted molar refractivity (Wildman–Crippen MR) is 142 cm³/mol. The molecule has 1 unspecified atom stereocenters. The number of fused-ring (bicyclic) bond motifs is 2. The highest BCUT2D eigenvalue weighted by Crippen LogP contribution is 2.40. The van der Waals surface area contributed by atoms with Gasteiger partial charge in [-0.3, -0.25) is 4.68 Å². The maximum Gasteiger partial charge on any atom is 0.341 e. The quantitative estimate of drug-likeness (QED) is 0.270. The average molecular weight is 491 g/mol. The molecule has 0 spiro atoms. The van der Waals surface area contributed by atoms with Crippen LogP contribution in [0.1, 0.15) is 39.7 Å². The van der Waals surface area contributed by atoms with E-state index in [1.807, 2.05) is 23.0 Å². The smallest absolute Gasteiger partial charge is 0.341 e. The Balaban J connectivity index is 1.30. The second-order valence-corrected chi connectivity index (χ2v) is 10.2. The molecule has 0 saturated heterocycles. The van der Waals surface area contributed by atoms with Gasteiger partial charge in [0.25, 0.3) is 0 Å². The van der Waals surface area contributed by atoms with Gasteiger partial charge in [-0.05, 0) is 59.3 Å². The van der Waals surface area contributed by atoms with Crippen LogP contribution < -0.4 is 10.6 Å². The summed E-state index contributed by atoms with van der Waals surface area (Å²) in [4.78, 5) is 13.8. The number of rotatable bonds is 5. The van der Waals surface area contributed by atoms with Crippen molar-refractivity contribution in [3.8, 4) is 0 Å². The van der Waals surface area contributed by atoms with Crippen LogP contribution in [0.2, 0.25) is 0 Å². The van der Waals surface area contributed by atoms with Crippen LogP contribution in [-0.2, 0) is 24.1 Å². The van der Waals surface area contributed by atoms with Gasteiger partial charge in [-0.2, -0.15) is 5.10 Å². The van der Waals surface area contributed by atoms with E-state index in [0.717, 1.165) is 29.8 Å². The standard InChI is InChI=1S/C26H26N4O2S2/c1-16-10-11-20-21(14-16)34-24(23(20)25(31)32-2)28-26(33)27-22-12-13-30(29-22)15-18-8-5-7-17-6-3-4-9-19(17)18/h3-9,12-13,16H,10-11,14-15H2,1-2H3,(H2,27,28,29,33). The van der Waals surface area contributed by atoms with Crippen molar-refractivity contribution in [2.75, 3.05) is 17.7 Å². The number of esters is 1. The number of hydrogen-bond donors (Lipinski definition) is 2. The molecule has 0 saturated carbocycles. The van der Waals surface area contributed by atoms with Crippen molar-refractivity contribution in [2.24, 2.45) is 5.92 Å². The van der Waals surface area contributed by atoms with E-state index in [4.69, 9.17) is 17.0 Å². The molecule has 4 aromatic rings. The number of hydrogen-bond acceptors (Lipinski definition) is 5. The number of anilines is 2. The third-order valence-electron chi connectivity index (χ3n) is 6.22. The van der Waals surface area contributed by atoms with Crippen LogP contribution in [0.15, 0.2) is 54.7 Å². The van der Waals surface area contributed by atoms with Crippen LogP contribution in [0.4, 0.5) is 10.8 Å². The number of methoxy groups -OCH3 is 1. The van der Waals surface area contributed by atoms with Crippen molar-refractivity contribution in [3.05, 3.63) is 76.3 Å². The molecule has 1 aliphatic carbocycles. The Bertz CT molecular complexity index is 1370. The molecule has 8 heteroatoms.